The van der Waals surface area contributed by atoms with E-state index in [0.29, 0.717) is 6.54 Å². The number of nitrogens with one attached hydrogen (secondary N) is 2. The van der Waals surface area contributed by atoms with E-state index in [-0.39, 0.29) is 35.8 Å². The maximum atomic E-state index is 13.4. The Morgan fingerprint density at radius 1 is 1.37 bits per heavy atom. The Kier molecular flexibility index (Phi) is 8.15. The number of aliphatic imine (C=N–C) groups is 1. The first-order valence-electron chi connectivity index (χ1n) is 9.77. The number of benzene rings is 1. The van der Waals surface area contributed by atoms with Crippen LogP contribution in [0.2, 0.25) is 0 Å². The van der Waals surface area contributed by atoms with Gasteiger partial charge >= 0.3 is 0 Å². The Hall–Kier alpha value is -1.09. The highest BCUT2D eigenvalue weighted by atomic mass is 127. The van der Waals surface area contributed by atoms with Crippen molar-refractivity contribution in [2.45, 2.75) is 57.6 Å². The van der Waals surface area contributed by atoms with Crippen LogP contribution in [0.15, 0.2) is 23.2 Å². The summed E-state index contributed by atoms with van der Waals surface area (Å²) in [6.07, 6.45) is 4.93. The van der Waals surface area contributed by atoms with Gasteiger partial charge in [-0.1, -0.05) is 0 Å². The van der Waals surface area contributed by atoms with E-state index < -0.39 is 5.60 Å². The molecule has 3 rings (SSSR count). The van der Waals surface area contributed by atoms with E-state index >= 15 is 0 Å². The summed E-state index contributed by atoms with van der Waals surface area (Å²) >= 11 is 0. The average molecular weight is 490 g/mol. The third-order valence-corrected chi connectivity index (χ3v) is 5.42. The first-order chi connectivity index (χ1) is 12.5. The van der Waals surface area contributed by atoms with Crippen molar-refractivity contribution in [3.63, 3.8) is 0 Å². The average Bonchev–Trinajstić information content (AvgIpc) is 2.58. The Morgan fingerprint density at radius 2 is 2.15 bits per heavy atom. The van der Waals surface area contributed by atoms with Crippen LogP contribution in [-0.4, -0.2) is 48.9 Å². The van der Waals surface area contributed by atoms with Crippen molar-refractivity contribution in [3.8, 4) is 0 Å². The molecule has 1 aromatic rings. The number of piperidine rings is 1. The van der Waals surface area contributed by atoms with Gasteiger partial charge in [0.1, 0.15) is 5.82 Å². The molecule has 2 fully saturated rings. The topological polar surface area (TPSA) is 59.9 Å². The second-order valence-electron chi connectivity index (χ2n) is 7.63. The van der Waals surface area contributed by atoms with Crippen molar-refractivity contribution in [3.05, 3.63) is 29.6 Å². The molecule has 1 saturated carbocycles. The van der Waals surface area contributed by atoms with Crippen LogP contribution < -0.4 is 15.5 Å². The Bertz CT molecular complexity index is 651. The van der Waals surface area contributed by atoms with Gasteiger partial charge in [0, 0.05) is 31.4 Å². The summed E-state index contributed by atoms with van der Waals surface area (Å²) in [7, 11) is 0. The largest absolute Gasteiger partial charge is 0.388 e. The third kappa shape index (κ3) is 5.94. The van der Waals surface area contributed by atoms with Gasteiger partial charge in [0.15, 0.2) is 5.96 Å². The third-order valence-electron chi connectivity index (χ3n) is 5.42. The molecule has 0 spiro atoms. The number of halogens is 2. The van der Waals surface area contributed by atoms with E-state index in [1.54, 1.807) is 6.07 Å². The first kappa shape index (κ1) is 22.2. The van der Waals surface area contributed by atoms with Crippen molar-refractivity contribution < 1.29 is 9.50 Å². The van der Waals surface area contributed by atoms with Crippen molar-refractivity contribution in [1.29, 1.82) is 0 Å². The maximum absolute atomic E-state index is 13.4. The summed E-state index contributed by atoms with van der Waals surface area (Å²) in [5.74, 6) is 0.587. The summed E-state index contributed by atoms with van der Waals surface area (Å²) < 4.78 is 13.4. The molecule has 1 unspecified atom stereocenters. The quantitative estimate of drug-likeness (QED) is 0.337. The van der Waals surface area contributed by atoms with Crippen molar-refractivity contribution >= 4 is 35.6 Å². The molecule has 152 valence electrons. The molecule has 5 nitrogen and oxygen atoms in total. The zero-order chi connectivity index (χ0) is 18.6. The number of anilines is 1. The SMILES string of the molecule is CCNC(=NCC1(O)CCC1)NC1CCCN(c2ccc(F)cc2C)C1.I. The lowest BCUT2D eigenvalue weighted by molar-refractivity contribution is -0.0236. The maximum Gasteiger partial charge on any atom is 0.191 e. The number of aryl methyl sites for hydroxylation is 1. The lowest BCUT2D eigenvalue weighted by Crippen LogP contribution is -2.52. The monoisotopic (exact) mass is 490 g/mol. The second kappa shape index (κ2) is 9.91. The van der Waals surface area contributed by atoms with Gasteiger partial charge in [0.2, 0.25) is 0 Å². The zero-order valence-electron chi connectivity index (χ0n) is 16.3. The highest BCUT2D eigenvalue weighted by Gasteiger charge is 2.34. The molecule has 1 atom stereocenters. The van der Waals surface area contributed by atoms with Gasteiger partial charge in [-0.3, -0.25) is 4.99 Å². The number of hydrogen-bond donors (Lipinski definition) is 3. The summed E-state index contributed by atoms with van der Waals surface area (Å²) in [5.41, 5.74) is 1.47. The summed E-state index contributed by atoms with van der Waals surface area (Å²) in [6.45, 7) is 7.09. The summed E-state index contributed by atoms with van der Waals surface area (Å²) in [6, 6.07) is 5.28. The summed E-state index contributed by atoms with van der Waals surface area (Å²) in [5, 5.41) is 17.1. The van der Waals surface area contributed by atoms with Crippen LogP contribution in [0.5, 0.6) is 0 Å². The minimum atomic E-state index is -0.605. The van der Waals surface area contributed by atoms with E-state index in [2.05, 4.69) is 20.5 Å². The fourth-order valence-corrected chi connectivity index (χ4v) is 3.77. The Balaban J connectivity index is 0.00000261. The standard InChI is InChI=1S/C20H31FN4O.HI/c1-3-22-19(23-14-20(26)9-5-10-20)24-17-6-4-11-25(13-17)18-8-7-16(21)12-15(18)2;/h7-8,12,17,26H,3-6,9-11,13-14H2,1-2H3,(H2,22,23,24);1H. The van der Waals surface area contributed by atoms with Crippen molar-refractivity contribution in [2.75, 3.05) is 31.1 Å². The number of nitrogens with zero attached hydrogens (tertiary/aromatic N) is 2. The molecule has 7 heteroatoms. The van der Waals surface area contributed by atoms with E-state index in [9.17, 15) is 9.50 Å². The first-order valence-corrected chi connectivity index (χ1v) is 9.77. The van der Waals surface area contributed by atoms with Crippen molar-refractivity contribution in [2.24, 2.45) is 4.99 Å². The Morgan fingerprint density at radius 3 is 2.78 bits per heavy atom. The fraction of sp³-hybridized carbons (Fsp3) is 0.650. The van der Waals surface area contributed by atoms with Crippen LogP contribution in [0.4, 0.5) is 10.1 Å². The van der Waals surface area contributed by atoms with Gasteiger partial charge in [-0.2, -0.15) is 0 Å². The minimum absolute atomic E-state index is 0. The van der Waals surface area contributed by atoms with Crippen molar-refractivity contribution in [1.82, 2.24) is 10.6 Å². The molecule has 3 N–H and O–H groups in total. The summed E-state index contributed by atoms with van der Waals surface area (Å²) in [4.78, 5) is 6.92. The van der Waals surface area contributed by atoms with Gasteiger partial charge < -0.3 is 20.6 Å². The number of hydrogen-bond acceptors (Lipinski definition) is 3. The van der Waals surface area contributed by atoms with Gasteiger partial charge in [-0.15, -0.1) is 24.0 Å². The molecular weight excluding hydrogens is 458 g/mol. The van der Waals surface area contributed by atoms with Crippen LogP contribution >= 0.6 is 24.0 Å². The highest BCUT2D eigenvalue weighted by Crippen LogP contribution is 2.31. The molecule has 1 aliphatic heterocycles. The lowest BCUT2D eigenvalue weighted by Gasteiger charge is -2.37. The van der Waals surface area contributed by atoms with Crippen LogP contribution in [-0.2, 0) is 0 Å². The molecule has 0 aromatic heterocycles. The predicted octanol–water partition coefficient (Wildman–Crippen LogP) is 3.19. The molecular formula is C20H32FIN4O. The second-order valence-corrected chi connectivity index (χ2v) is 7.63. The molecule has 2 aliphatic rings. The predicted molar refractivity (Wildman–Crippen MR) is 120 cm³/mol. The number of aliphatic hydroxyl groups is 1. The van der Waals surface area contributed by atoms with Gasteiger partial charge in [-0.25, -0.2) is 4.39 Å². The molecule has 0 bridgehead atoms. The number of rotatable bonds is 5. The molecule has 1 saturated heterocycles. The highest BCUT2D eigenvalue weighted by molar-refractivity contribution is 14.0. The van der Waals surface area contributed by atoms with E-state index in [0.717, 1.165) is 68.9 Å². The molecule has 0 radical (unpaired) electrons. The van der Waals surface area contributed by atoms with Gasteiger partial charge in [-0.05, 0) is 69.7 Å². The minimum Gasteiger partial charge on any atom is -0.388 e. The fourth-order valence-electron chi connectivity index (χ4n) is 3.77. The normalized spacial score (nSPS) is 21.9. The van der Waals surface area contributed by atoms with Gasteiger partial charge in [0.25, 0.3) is 0 Å². The van der Waals surface area contributed by atoms with E-state index in [4.69, 9.17) is 0 Å². The lowest BCUT2D eigenvalue weighted by atomic mass is 9.80. The van der Waals surface area contributed by atoms with E-state index in [1.165, 1.54) is 6.07 Å². The van der Waals surface area contributed by atoms with E-state index in [1.807, 2.05) is 19.9 Å². The number of guanidine groups is 1. The van der Waals surface area contributed by atoms with Crippen LogP contribution in [0.1, 0.15) is 44.6 Å². The zero-order valence-corrected chi connectivity index (χ0v) is 18.6. The van der Waals surface area contributed by atoms with Crippen LogP contribution in [0.25, 0.3) is 0 Å². The molecule has 27 heavy (non-hydrogen) atoms. The molecule has 0 amide bonds. The smallest absolute Gasteiger partial charge is 0.191 e. The van der Waals surface area contributed by atoms with Gasteiger partial charge in [0.05, 0.1) is 12.1 Å². The van der Waals surface area contributed by atoms with Crippen LogP contribution in [0, 0.1) is 12.7 Å². The molecule has 1 aromatic carbocycles. The molecule has 1 heterocycles. The molecule has 1 aliphatic carbocycles. The Labute approximate surface area is 178 Å². The van der Waals surface area contributed by atoms with Crippen LogP contribution in [0.3, 0.4) is 0 Å².